The first-order chi connectivity index (χ1) is 8.33. The lowest BCUT2D eigenvalue weighted by Crippen LogP contribution is -1.99. The molecule has 0 bridgehead atoms. The third-order valence-corrected chi connectivity index (χ3v) is 2.03. The van der Waals surface area contributed by atoms with Gasteiger partial charge in [0, 0.05) is 12.0 Å². The van der Waals surface area contributed by atoms with E-state index >= 15 is 0 Å². The number of rotatable bonds is 4. The zero-order valence-electron chi connectivity index (χ0n) is 10.2. The Morgan fingerprint density at radius 3 is 2.44 bits per heavy atom. The summed E-state index contributed by atoms with van der Waals surface area (Å²) < 4.78 is 41.0. The second-order valence-electron chi connectivity index (χ2n) is 3.92. The van der Waals surface area contributed by atoms with Crippen LogP contribution in [0.2, 0.25) is 0 Å². The molecule has 0 fully saturated rings. The van der Waals surface area contributed by atoms with Crippen molar-refractivity contribution in [3.8, 4) is 0 Å². The van der Waals surface area contributed by atoms with E-state index in [2.05, 4.69) is 11.6 Å². The van der Waals surface area contributed by atoms with Gasteiger partial charge in [-0.15, -0.1) is 0 Å². The maximum Gasteiger partial charge on any atom is 0.409 e. The van der Waals surface area contributed by atoms with E-state index in [0.717, 1.165) is 6.08 Å². The van der Waals surface area contributed by atoms with Gasteiger partial charge in [-0.25, -0.2) is 4.98 Å². The molecule has 5 heteroatoms. The zero-order chi connectivity index (χ0) is 13.8. The minimum atomic E-state index is -4.31. The molecule has 0 saturated heterocycles. The first-order valence-corrected chi connectivity index (χ1v) is 5.39. The summed E-state index contributed by atoms with van der Waals surface area (Å²) >= 11 is 0. The number of alkyl halides is 3. The Bertz CT molecular complexity index is 467. The highest BCUT2D eigenvalue weighted by Gasteiger charge is 2.21. The van der Waals surface area contributed by atoms with Crippen LogP contribution in [0.4, 0.5) is 13.2 Å². The molecule has 1 heterocycles. The topological polar surface area (TPSA) is 26.0 Å². The number of hydrogen-bond donors (Lipinski definition) is 0. The van der Waals surface area contributed by atoms with Gasteiger partial charge >= 0.3 is 6.18 Å². The molecule has 0 aromatic carbocycles. The molecular weight excluding hydrogens is 243 g/mol. The Labute approximate surface area is 104 Å². The molecule has 0 aliphatic rings. The number of aromatic nitrogens is 1. The summed E-state index contributed by atoms with van der Waals surface area (Å²) in [5.41, 5.74) is 0.473. The van der Waals surface area contributed by atoms with E-state index in [4.69, 9.17) is 4.42 Å². The number of hydrogen-bond acceptors (Lipinski definition) is 2. The Kier molecular flexibility index (Phi) is 4.53. The van der Waals surface area contributed by atoms with Crippen molar-refractivity contribution in [1.29, 1.82) is 0 Å². The van der Waals surface area contributed by atoms with Gasteiger partial charge in [0.1, 0.15) is 5.69 Å². The molecule has 1 rings (SSSR count). The van der Waals surface area contributed by atoms with E-state index < -0.39 is 6.18 Å². The van der Waals surface area contributed by atoms with Gasteiger partial charge in [0.2, 0.25) is 0 Å². The zero-order valence-corrected chi connectivity index (χ0v) is 10.2. The van der Waals surface area contributed by atoms with Crippen molar-refractivity contribution in [2.24, 2.45) is 0 Å². The van der Waals surface area contributed by atoms with Crippen LogP contribution in [0, 0.1) is 0 Å². The molecule has 1 aromatic heterocycles. The van der Waals surface area contributed by atoms with Crippen LogP contribution < -0.4 is 0 Å². The summed E-state index contributed by atoms with van der Waals surface area (Å²) in [6, 6.07) is 0. The summed E-state index contributed by atoms with van der Waals surface area (Å²) in [7, 11) is 0. The Balaban J connectivity index is 2.87. The Hall–Kier alpha value is -1.78. The van der Waals surface area contributed by atoms with Crippen LogP contribution in [-0.2, 0) is 0 Å². The van der Waals surface area contributed by atoms with Crippen LogP contribution >= 0.6 is 0 Å². The van der Waals surface area contributed by atoms with Crippen molar-refractivity contribution < 1.29 is 17.6 Å². The van der Waals surface area contributed by atoms with Gasteiger partial charge in [0.15, 0.2) is 11.7 Å². The third kappa shape index (κ3) is 4.24. The number of oxazole rings is 1. The average molecular weight is 257 g/mol. The minimum absolute atomic E-state index is 0.108. The van der Waals surface area contributed by atoms with E-state index in [-0.39, 0.29) is 12.0 Å². The van der Waals surface area contributed by atoms with Crippen LogP contribution in [0.15, 0.2) is 29.2 Å². The summed E-state index contributed by atoms with van der Waals surface area (Å²) in [5.74, 6) is 1.09. The average Bonchev–Trinajstić information content (AvgIpc) is 2.66. The molecule has 0 spiro atoms. The molecule has 0 saturated carbocycles. The number of halogens is 3. The maximum absolute atomic E-state index is 11.9. The van der Waals surface area contributed by atoms with E-state index in [9.17, 15) is 13.2 Å². The normalized spacial score (nSPS) is 13.0. The van der Waals surface area contributed by atoms with Gasteiger partial charge in [0.25, 0.3) is 0 Å². The number of nitrogens with zero attached hydrogens (tertiary/aromatic N) is 1. The molecular formula is C13H14F3NO. The molecule has 98 valence electrons. The quantitative estimate of drug-likeness (QED) is 0.738. The molecule has 0 atom stereocenters. The van der Waals surface area contributed by atoms with Crippen LogP contribution in [0.25, 0.3) is 12.2 Å². The van der Waals surface area contributed by atoms with Gasteiger partial charge in [0.05, 0.1) is 0 Å². The highest BCUT2D eigenvalue weighted by atomic mass is 19.4. The first-order valence-electron chi connectivity index (χ1n) is 5.39. The predicted molar refractivity (Wildman–Crippen MR) is 64.9 cm³/mol. The molecule has 0 radical (unpaired) electrons. The lowest BCUT2D eigenvalue weighted by atomic mass is 10.2. The molecule has 1 aromatic rings. The highest BCUT2D eigenvalue weighted by Crippen LogP contribution is 2.20. The molecule has 0 aliphatic heterocycles. The van der Waals surface area contributed by atoms with Gasteiger partial charge in [-0.3, -0.25) is 0 Å². The van der Waals surface area contributed by atoms with Gasteiger partial charge in [-0.05, 0) is 12.2 Å². The SMILES string of the molecule is C=Cc1oc(C(C)C)nc1/C=C\C=C\C(F)(F)F. The van der Waals surface area contributed by atoms with Crippen molar-refractivity contribution in [3.63, 3.8) is 0 Å². The van der Waals surface area contributed by atoms with E-state index in [1.807, 2.05) is 13.8 Å². The van der Waals surface area contributed by atoms with Crippen LogP contribution in [0.1, 0.15) is 37.1 Å². The molecule has 0 unspecified atom stereocenters. The van der Waals surface area contributed by atoms with Crippen LogP contribution in [-0.4, -0.2) is 11.2 Å². The van der Waals surface area contributed by atoms with Crippen molar-refractivity contribution >= 4 is 12.2 Å². The van der Waals surface area contributed by atoms with E-state index in [1.54, 1.807) is 0 Å². The lowest BCUT2D eigenvalue weighted by Gasteiger charge is -1.94. The summed E-state index contributed by atoms with van der Waals surface area (Å²) in [4.78, 5) is 4.17. The van der Waals surface area contributed by atoms with Gasteiger partial charge in [-0.2, -0.15) is 13.2 Å². The van der Waals surface area contributed by atoms with Gasteiger partial charge < -0.3 is 4.42 Å². The summed E-state index contributed by atoms with van der Waals surface area (Å²) in [5, 5.41) is 0. The molecule has 0 aliphatic carbocycles. The van der Waals surface area contributed by atoms with Gasteiger partial charge in [-0.1, -0.05) is 32.6 Å². The number of allylic oxidation sites excluding steroid dienone is 3. The fourth-order valence-electron chi connectivity index (χ4n) is 1.19. The van der Waals surface area contributed by atoms with Crippen molar-refractivity contribution in [3.05, 3.63) is 42.2 Å². The lowest BCUT2D eigenvalue weighted by molar-refractivity contribution is -0.0798. The molecule has 2 nitrogen and oxygen atoms in total. The molecule has 0 N–H and O–H groups in total. The monoisotopic (exact) mass is 257 g/mol. The van der Waals surface area contributed by atoms with E-state index in [1.165, 1.54) is 18.2 Å². The third-order valence-electron chi connectivity index (χ3n) is 2.03. The van der Waals surface area contributed by atoms with Crippen molar-refractivity contribution in [1.82, 2.24) is 4.98 Å². The van der Waals surface area contributed by atoms with Crippen LogP contribution in [0.5, 0.6) is 0 Å². The van der Waals surface area contributed by atoms with Crippen LogP contribution in [0.3, 0.4) is 0 Å². The van der Waals surface area contributed by atoms with Crippen molar-refractivity contribution in [2.75, 3.05) is 0 Å². The highest BCUT2D eigenvalue weighted by molar-refractivity contribution is 5.58. The first kappa shape index (κ1) is 14.3. The summed E-state index contributed by atoms with van der Waals surface area (Å²) in [6.45, 7) is 7.39. The summed E-state index contributed by atoms with van der Waals surface area (Å²) in [6.07, 6.45) is 0.957. The largest absolute Gasteiger partial charge is 0.440 e. The second-order valence-corrected chi connectivity index (χ2v) is 3.92. The smallest absolute Gasteiger partial charge is 0.409 e. The van der Waals surface area contributed by atoms with Crippen molar-refractivity contribution in [2.45, 2.75) is 25.9 Å². The fourth-order valence-corrected chi connectivity index (χ4v) is 1.19. The Morgan fingerprint density at radius 2 is 1.94 bits per heavy atom. The predicted octanol–water partition coefficient (Wildman–Crippen LogP) is 4.57. The standard InChI is InChI=1S/C13H14F3NO/c1-4-11-10(17-12(18-11)9(2)3)7-5-6-8-13(14,15)16/h4-9H,1H2,2-3H3/b7-5-,8-6+. The maximum atomic E-state index is 11.9. The fraction of sp³-hybridized carbons (Fsp3) is 0.308. The Morgan fingerprint density at radius 1 is 1.28 bits per heavy atom. The molecule has 18 heavy (non-hydrogen) atoms. The molecule has 0 amide bonds. The van der Waals surface area contributed by atoms with E-state index in [0.29, 0.717) is 17.3 Å². The minimum Gasteiger partial charge on any atom is -0.440 e. The second kappa shape index (κ2) is 5.71.